The third-order valence-electron chi connectivity index (χ3n) is 4.59. The summed E-state index contributed by atoms with van der Waals surface area (Å²) in [6.07, 6.45) is 5.78. The van der Waals surface area contributed by atoms with Crippen molar-refractivity contribution in [2.45, 2.75) is 25.9 Å². The van der Waals surface area contributed by atoms with Gasteiger partial charge in [-0.1, -0.05) is 18.2 Å². The Bertz CT molecular complexity index is 941. The van der Waals surface area contributed by atoms with E-state index in [2.05, 4.69) is 21.7 Å². The monoisotopic (exact) mass is 394 g/mol. The van der Waals surface area contributed by atoms with Gasteiger partial charge in [-0.25, -0.2) is 4.98 Å². The maximum atomic E-state index is 12.5. The Kier molecular flexibility index (Phi) is 6.86. The second-order valence-corrected chi connectivity index (χ2v) is 6.70. The topological polar surface area (TPSA) is 77.4 Å². The number of hydrogen-bond donors (Lipinski definition) is 2. The first-order chi connectivity index (χ1) is 14.1. The highest BCUT2D eigenvalue weighted by Crippen LogP contribution is 2.29. The van der Waals surface area contributed by atoms with Crippen LogP contribution in [0.2, 0.25) is 0 Å². The van der Waals surface area contributed by atoms with E-state index in [9.17, 15) is 4.79 Å². The summed E-state index contributed by atoms with van der Waals surface area (Å²) < 4.78 is 12.5. The summed E-state index contributed by atoms with van der Waals surface area (Å²) in [4.78, 5) is 16.6. The van der Waals surface area contributed by atoms with Crippen LogP contribution in [0.4, 0.5) is 5.69 Å². The first-order valence-electron chi connectivity index (χ1n) is 9.42. The molecule has 1 atom stereocenters. The van der Waals surface area contributed by atoms with Gasteiger partial charge >= 0.3 is 0 Å². The molecule has 2 aromatic carbocycles. The molecule has 0 aliphatic rings. The number of anilines is 1. The molecule has 2 N–H and O–H groups in total. The van der Waals surface area contributed by atoms with Crippen molar-refractivity contribution in [1.82, 2.24) is 14.9 Å². The minimum atomic E-state index is -0.0867. The molecule has 0 spiro atoms. The zero-order valence-corrected chi connectivity index (χ0v) is 16.9. The van der Waals surface area contributed by atoms with Crippen LogP contribution in [0, 0.1) is 0 Å². The Morgan fingerprint density at radius 3 is 2.72 bits per heavy atom. The number of aromatic nitrogens is 2. The van der Waals surface area contributed by atoms with Crippen LogP contribution in [0.25, 0.3) is 5.69 Å². The van der Waals surface area contributed by atoms with E-state index < -0.39 is 0 Å². The third-order valence-corrected chi connectivity index (χ3v) is 4.59. The number of amides is 1. The number of carbonyl (C=O) groups is 1. The van der Waals surface area contributed by atoms with Gasteiger partial charge in [0.05, 0.1) is 31.9 Å². The first kappa shape index (κ1) is 20.4. The molecular weight excluding hydrogens is 368 g/mol. The molecule has 0 bridgehead atoms. The molecule has 1 amide bonds. The lowest BCUT2D eigenvalue weighted by molar-refractivity contribution is -0.116. The Morgan fingerprint density at radius 1 is 1.17 bits per heavy atom. The van der Waals surface area contributed by atoms with E-state index in [1.54, 1.807) is 44.9 Å². The fraction of sp³-hybridized carbons (Fsp3) is 0.273. The number of carbonyl (C=O) groups excluding carboxylic acids is 1. The average Bonchev–Trinajstić information content (AvgIpc) is 3.27. The predicted octanol–water partition coefficient (Wildman–Crippen LogP) is 3.40. The van der Waals surface area contributed by atoms with Gasteiger partial charge in [0.2, 0.25) is 5.91 Å². The van der Waals surface area contributed by atoms with Crippen LogP contribution in [0.5, 0.6) is 11.5 Å². The maximum absolute atomic E-state index is 12.5. The van der Waals surface area contributed by atoms with Crippen LogP contribution in [0.3, 0.4) is 0 Å². The van der Waals surface area contributed by atoms with E-state index in [1.165, 1.54) is 0 Å². The maximum Gasteiger partial charge on any atom is 0.226 e. The summed E-state index contributed by atoms with van der Waals surface area (Å²) in [6, 6.07) is 13.4. The number of nitrogens with zero attached hydrogens (tertiary/aromatic N) is 2. The molecule has 0 saturated heterocycles. The summed E-state index contributed by atoms with van der Waals surface area (Å²) >= 11 is 0. The third kappa shape index (κ3) is 5.36. The van der Waals surface area contributed by atoms with Crippen LogP contribution in [-0.4, -0.2) is 35.7 Å². The van der Waals surface area contributed by atoms with Crippen molar-refractivity contribution in [3.63, 3.8) is 0 Å². The average molecular weight is 394 g/mol. The van der Waals surface area contributed by atoms with E-state index in [1.807, 2.05) is 35.9 Å². The number of hydrogen-bond acceptors (Lipinski definition) is 5. The smallest absolute Gasteiger partial charge is 0.226 e. The molecule has 0 saturated carbocycles. The van der Waals surface area contributed by atoms with Gasteiger partial charge in [-0.05, 0) is 30.7 Å². The van der Waals surface area contributed by atoms with E-state index in [0.717, 1.165) is 11.3 Å². The first-order valence-corrected chi connectivity index (χ1v) is 9.42. The number of rotatable bonds is 9. The molecule has 0 aliphatic heterocycles. The molecule has 29 heavy (non-hydrogen) atoms. The number of ether oxygens (including phenoxy) is 2. The normalized spacial score (nSPS) is 11.7. The zero-order chi connectivity index (χ0) is 20.6. The van der Waals surface area contributed by atoms with Crippen LogP contribution in [-0.2, 0) is 11.3 Å². The molecule has 1 heterocycles. The Balaban J connectivity index is 1.57. The summed E-state index contributed by atoms with van der Waals surface area (Å²) in [5.74, 6) is 1.15. The van der Waals surface area contributed by atoms with Crippen LogP contribution < -0.4 is 20.1 Å². The van der Waals surface area contributed by atoms with Crippen molar-refractivity contribution in [3.05, 3.63) is 66.7 Å². The standard InChI is InChI=1S/C22H26N4O3/c1-16(12-22(27)25-19-9-8-18(28-2)13-21(19)29-3)24-14-17-6-4-5-7-20(17)26-11-10-23-15-26/h4-11,13,15-16,24H,12,14H2,1-3H3,(H,25,27). The van der Waals surface area contributed by atoms with Crippen LogP contribution in [0.1, 0.15) is 18.9 Å². The molecule has 152 valence electrons. The second kappa shape index (κ2) is 9.75. The van der Waals surface area contributed by atoms with Crippen molar-refractivity contribution >= 4 is 11.6 Å². The lowest BCUT2D eigenvalue weighted by Gasteiger charge is -2.17. The van der Waals surface area contributed by atoms with Crippen LogP contribution >= 0.6 is 0 Å². The molecule has 3 aromatic rings. The molecule has 0 radical (unpaired) electrons. The molecule has 0 aliphatic carbocycles. The number of nitrogens with one attached hydrogen (secondary N) is 2. The van der Waals surface area contributed by atoms with Crippen molar-refractivity contribution in [2.24, 2.45) is 0 Å². The highest BCUT2D eigenvalue weighted by Gasteiger charge is 2.13. The minimum Gasteiger partial charge on any atom is -0.497 e. The van der Waals surface area contributed by atoms with Gasteiger partial charge in [0, 0.05) is 37.5 Å². The van der Waals surface area contributed by atoms with Gasteiger partial charge in [0.1, 0.15) is 11.5 Å². The quantitative estimate of drug-likeness (QED) is 0.582. The molecular formula is C22H26N4O3. The zero-order valence-electron chi connectivity index (χ0n) is 16.9. The Labute approximate surface area is 170 Å². The van der Waals surface area contributed by atoms with E-state index in [4.69, 9.17) is 9.47 Å². The summed E-state index contributed by atoms with van der Waals surface area (Å²) in [7, 11) is 3.15. The molecule has 1 unspecified atom stereocenters. The number of methoxy groups -OCH3 is 2. The van der Waals surface area contributed by atoms with E-state index in [0.29, 0.717) is 30.2 Å². The highest BCUT2D eigenvalue weighted by molar-refractivity contribution is 5.92. The lowest BCUT2D eigenvalue weighted by atomic mass is 10.1. The lowest BCUT2D eigenvalue weighted by Crippen LogP contribution is -2.30. The van der Waals surface area contributed by atoms with Gasteiger partial charge in [-0.3, -0.25) is 4.79 Å². The molecule has 7 nitrogen and oxygen atoms in total. The Morgan fingerprint density at radius 2 is 2.00 bits per heavy atom. The second-order valence-electron chi connectivity index (χ2n) is 6.70. The van der Waals surface area contributed by atoms with Gasteiger partial charge < -0.3 is 24.7 Å². The summed E-state index contributed by atoms with van der Waals surface area (Å²) in [5, 5.41) is 6.32. The number of para-hydroxylation sites is 1. The van der Waals surface area contributed by atoms with Crippen LogP contribution in [0.15, 0.2) is 61.2 Å². The Hall–Kier alpha value is -3.32. The molecule has 3 rings (SSSR count). The van der Waals surface area contributed by atoms with Crippen molar-refractivity contribution in [1.29, 1.82) is 0 Å². The van der Waals surface area contributed by atoms with Gasteiger partial charge in [0.25, 0.3) is 0 Å². The van der Waals surface area contributed by atoms with Gasteiger partial charge in [0.15, 0.2) is 0 Å². The molecule has 0 fully saturated rings. The summed E-state index contributed by atoms with van der Waals surface area (Å²) in [6.45, 7) is 2.64. The van der Waals surface area contributed by atoms with Crippen molar-refractivity contribution < 1.29 is 14.3 Å². The largest absolute Gasteiger partial charge is 0.497 e. The fourth-order valence-electron chi connectivity index (χ4n) is 3.05. The number of imidazole rings is 1. The fourth-order valence-corrected chi connectivity index (χ4v) is 3.05. The van der Waals surface area contributed by atoms with E-state index in [-0.39, 0.29) is 11.9 Å². The predicted molar refractivity (Wildman–Crippen MR) is 113 cm³/mol. The number of benzene rings is 2. The molecule has 7 heteroatoms. The minimum absolute atomic E-state index is 0.00455. The SMILES string of the molecule is COc1ccc(NC(=O)CC(C)NCc2ccccc2-n2ccnc2)c(OC)c1. The van der Waals surface area contributed by atoms with Crippen molar-refractivity contribution in [3.8, 4) is 17.2 Å². The highest BCUT2D eigenvalue weighted by atomic mass is 16.5. The van der Waals surface area contributed by atoms with E-state index >= 15 is 0 Å². The molecule has 1 aromatic heterocycles. The van der Waals surface area contributed by atoms with Gasteiger partial charge in [-0.15, -0.1) is 0 Å². The van der Waals surface area contributed by atoms with Crippen molar-refractivity contribution in [2.75, 3.05) is 19.5 Å². The van der Waals surface area contributed by atoms with Gasteiger partial charge in [-0.2, -0.15) is 0 Å². The summed E-state index contributed by atoms with van der Waals surface area (Å²) in [5.41, 5.74) is 2.82.